The van der Waals surface area contributed by atoms with Gasteiger partial charge in [0, 0.05) is 13.5 Å². The van der Waals surface area contributed by atoms with Crippen LogP contribution in [0.15, 0.2) is 0 Å². The van der Waals surface area contributed by atoms with Gasteiger partial charge >= 0.3 is 6.03 Å². The van der Waals surface area contributed by atoms with Crippen LogP contribution in [0.25, 0.3) is 0 Å². The molecule has 0 aromatic rings. The van der Waals surface area contributed by atoms with Gasteiger partial charge in [-0.2, -0.15) is 0 Å². The third-order valence-corrected chi connectivity index (χ3v) is 7.26. The van der Waals surface area contributed by atoms with E-state index >= 15 is 0 Å². The van der Waals surface area contributed by atoms with E-state index in [2.05, 4.69) is 6.92 Å². The molecule has 2 rings (SSSR count). The van der Waals surface area contributed by atoms with Crippen LogP contribution in [0.1, 0.15) is 78.6 Å². The number of carbonyl (C=O) groups excluding carboxylic acids is 5. The number of nitrogens with one attached hydrogen (secondary N) is 1. The topological polar surface area (TPSA) is 131 Å². The van der Waals surface area contributed by atoms with Crippen molar-refractivity contribution in [2.45, 2.75) is 96.2 Å². The zero-order chi connectivity index (χ0) is 26.3. The molecule has 0 bridgehead atoms. The summed E-state index contributed by atoms with van der Waals surface area (Å²) in [7, 11) is 3.25. The SMILES string of the molecule is CCCCCCCCC(=O)N(C(=O)[C@@H]1CCCN1C)C(CN1C(=O)N(C)C(C)(C)C1=O)C(=O)NO. The van der Waals surface area contributed by atoms with Gasteiger partial charge < -0.3 is 4.90 Å². The maximum Gasteiger partial charge on any atom is 0.327 e. The zero-order valence-corrected chi connectivity index (χ0v) is 21.7. The summed E-state index contributed by atoms with van der Waals surface area (Å²) in [5.41, 5.74) is 0.383. The van der Waals surface area contributed by atoms with Crippen molar-refractivity contribution in [1.29, 1.82) is 0 Å². The van der Waals surface area contributed by atoms with Gasteiger partial charge in [-0.05, 0) is 46.7 Å². The number of unbranched alkanes of at least 4 members (excludes halogenated alkanes) is 5. The number of amides is 6. The number of urea groups is 1. The fourth-order valence-corrected chi connectivity index (χ4v) is 4.68. The monoisotopic (exact) mass is 495 g/mol. The van der Waals surface area contributed by atoms with Crippen LogP contribution in [-0.2, 0) is 19.2 Å². The van der Waals surface area contributed by atoms with E-state index in [4.69, 9.17) is 0 Å². The largest absolute Gasteiger partial charge is 0.327 e. The quantitative estimate of drug-likeness (QED) is 0.182. The first-order valence-electron chi connectivity index (χ1n) is 12.6. The van der Waals surface area contributed by atoms with Crippen LogP contribution in [0.2, 0.25) is 0 Å². The molecule has 11 heteroatoms. The maximum absolute atomic E-state index is 13.6. The van der Waals surface area contributed by atoms with Gasteiger partial charge in [-0.25, -0.2) is 10.3 Å². The summed E-state index contributed by atoms with van der Waals surface area (Å²) in [6, 6.07) is -2.77. The van der Waals surface area contributed by atoms with E-state index < -0.39 is 53.8 Å². The number of hydrogen-bond acceptors (Lipinski definition) is 7. The number of nitrogens with zero attached hydrogens (tertiary/aromatic N) is 4. The summed E-state index contributed by atoms with van der Waals surface area (Å²) < 4.78 is 0. The van der Waals surface area contributed by atoms with Gasteiger partial charge in [0.2, 0.25) is 11.8 Å². The minimum atomic E-state index is -1.54. The van der Waals surface area contributed by atoms with Gasteiger partial charge in [-0.3, -0.25) is 39.1 Å². The highest BCUT2D eigenvalue weighted by molar-refractivity contribution is 6.07. The Hall–Kier alpha value is -2.53. The second-order valence-corrected chi connectivity index (χ2v) is 10.1. The van der Waals surface area contributed by atoms with Crippen molar-refractivity contribution in [1.82, 2.24) is 25.1 Å². The lowest BCUT2D eigenvalue weighted by Gasteiger charge is -2.34. The lowest BCUT2D eigenvalue weighted by atomic mass is 10.0. The Morgan fingerprint density at radius 1 is 1.11 bits per heavy atom. The molecule has 0 aromatic heterocycles. The number of likely N-dealkylation sites (N-methyl/N-ethyl adjacent to an activating group) is 2. The summed E-state index contributed by atoms with van der Waals surface area (Å²) in [6.45, 7) is 5.42. The van der Waals surface area contributed by atoms with Gasteiger partial charge in [0.25, 0.3) is 11.8 Å². The molecular weight excluding hydrogens is 454 g/mol. The molecule has 11 nitrogen and oxygen atoms in total. The molecule has 0 aliphatic carbocycles. The highest BCUT2D eigenvalue weighted by atomic mass is 16.5. The van der Waals surface area contributed by atoms with E-state index in [0.29, 0.717) is 19.4 Å². The van der Waals surface area contributed by atoms with Gasteiger partial charge in [-0.15, -0.1) is 0 Å². The molecule has 2 N–H and O–H groups in total. The van der Waals surface area contributed by atoms with Gasteiger partial charge in [0.15, 0.2) is 0 Å². The Morgan fingerprint density at radius 2 is 1.74 bits per heavy atom. The fourth-order valence-electron chi connectivity index (χ4n) is 4.68. The van der Waals surface area contributed by atoms with E-state index in [9.17, 15) is 29.2 Å². The van der Waals surface area contributed by atoms with Crippen molar-refractivity contribution in [3.8, 4) is 0 Å². The molecule has 2 fully saturated rings. The van der Waals surface area contributed by atoms with Crippen molar-refractivity contribution in [3.05, 3.63) is 0 Å². The van der Waals surface area contributed by atoms with E-state index in [1.165, 1.54) is 17.4 Å². The second-order valence-electron chi connectivity index (χ2n) is 10.1. The van der Waals surface area contributed by atoms with Crippen LogP contribution in [0.5, 0.6) is 0 Å². The first kappa shape index (κ1) is 28.7. The second kappa shape index (κ2) is 12.4. The summed E-state index contributed by atoms with van der Waals surface area (Å²) in [6.07, 6.45) is 6.98. The number of imide groups is 2. The lowest BCUT2D eigenvalue weighted by Crippen LogP contribution is -2.60. The van der Waals surface area contributed by atoms with Crippen LogP contribution < -0.4 is 5.48 Å². The number of hydroxylamine groups is 1. The number of likely N-dealkylation sites (tertiary alicyclic amines) is 1. The molecule has 2 saturated heterocycles. The van der Waals surface area contributed by atoms with Crippen LogP contribution >= 0.6 is 0 Å². The van der Waals surface area contributed by atoms with E-state index in [1.54, 1.807) is 20.9 Å². The molecule has 2 atom stereocenters. The first-order chi connectivity index (χ1) is 16.5. The lowest BCUT2D eigenvalue weighted by molar-refractivity contribution is -0.157. The number of rotatable bonds is 12. The fraction of sp³-hybridized carbons (Fsp3) is 0.792. The van der Waals surface area contributed by atoms with Crippen molar-refractivity contribution in [3.63, 3.8) is 0 Å². The highest BCUT2D eigenvalue weighted by Gasteiger charge is 2.51. The molecular formula is C24H41N5O6. The summed E-state index contributed by atoms with van der Waals surface area (Å²) in [5, 5.41) is 9.43. The first-order valence-corrected chi connectivity index (χ1v) is 12.6. The highest BCUT2D eigenvalue weighted by Crippen LogP contribution is 2.27. The molecule has 2 aliphatic rings. The Kier molecular flexibility index (Phi) is 10.2. The Bertz CT molecular complexity index is 816. The molecule has 0 saturated carbocycles. The van der Waals surface area contributed by atoms with E-state index in [0.717, 1.165) is 48.3 Å². The molecule has 0 radical (unpaired) electrons. The standard InChI is InChI=1S/C24H41N5O6/c1-6-7-8-9-10-11-14-19(30)29(21(32)17-13-12-15-26(17)4)18(20(31)25-35)16-28-22(33)24(2,3)27(5)23(28)34/h17-18,35H,6-16H2,1-5H3,(H,25,31)/t17-,18?/m0/s1. The van der Waals surface area contributed by atoms with Crippen molar-refractivity contribution in [2.75, 3.05) is 27.2 Å². The van der Waals surface area contributed by atoms with Crippen molar-refractivity contribution < 1.29 is 29.2 Å². The Labute approximate surface area is 207 Å². The van der Waals surface area contributed by atoms with Crippen LogP contribution in [0.3, 0.4) is 0 Å². The summed E-state index contributed by atoms with van der Waals surface area (Å²) >= 11 is 0. The third-order valence-electron chi connectivity index (χ3n) is 7.26. The average Bonchev–Trinajstić information content (AvgIpc) is 3.32. The van der Waals surface area contributed by atoms with Crippen molar-refractivity contribution in [2.24, 2.45) is 0 Å². The Balaban J connectivity index is 2.30. The molecule has 2 heterocycles. The molecule has 0 spiro atoms. The van der Waals surface area contributed by atoms with Gasteiger partial charge in [-0.1, -0.05) is 39.0 Å². The van der Waals surface area contributed by atoms with Crippen molar-refractivity contribution >= 4 is 29.7 Å². The minimum Gasteiger partial charge on any atom is -0.313 e. The summed E-state index contributed by atoms with van der Waals surface area (Å²) in [5.74, 6) is -2.68. The number of carbonyl (C=O) groups is 5. The van der Waals surface area contributed by atoms with E-state index in [1.807, 2.05) is 4.90 Å². The van der Waals surface area contributed by atoms with E-state index in [-0.39, 0.29) is 6.42 Å². The molecule has 0 aromatic carbocycles. The number of hydrogen-bond donors (Lipinski definition) is 2. The molecule has 35 heavy (non-hydrogen) atoms. The Morgan fingerprint density at radius 3 is 2.26 bits per heavy atom. The van der Waals surface area contributed by atoms with Gasteiger partial charge in [0.1, 0.15) is 11.6 Å². The third kappa shape index (κ3) is 6.38. The predicted molar refractivity (Wildman–Crippen MR) is 128 cm³/mol. The normalized spacial score (nSPS) is 20.9. The smallest absolute Gasteiger partial charge is 0.313 e. The minimum absolute atomic E-state index is 0.0524. The van der Waals surface area contributed by atoms with Gasteiger partial charge in [0.05, 0.1) is 12.6 Å². The van der Waals surface area contributed by atoms with Crippen LogP contribution in [0.4, 0.5) is 4.79 Å². The predicted octanol–water partition coefficient (Wildman–Crippen LogP) is 1.73. The van der Waals surface area contributed by atoms with Crippen LogP contribution in [0, 0.1) is 0 Å². The summed E-state index contributed by atoms with van der Waals surface area (Å²) in [4.78, 5) is 70.2. The van der Waals surface area contributed by atoms with Crippen LogP contribution in [-0.4, -0.2) is 99.3 Å². The average molecular weight is 496 g/mol. The molecule has 198 valence electrons. The molecule has 2 aliphatic heterocycles. The zero-order valence-electron chi connectivity index (χ0n) is 21.7. The molecule has 6 amide bonds. The molecule has 1 unspecified atom stereocenters. The maximum atomic E-state index is 13.6.